The number of anilines is 2. The SMILES string of the molecule is CC(C)(Oc1ccc(OCCOc2nc(NC3CC3)nc(N3CCCCC3)n2)cc1)C(=O)O. The number of piperidine rings is 1. The Balaban J connectivity index is 1.30. The number of hydrogen-bond acceptors (Lipinski definition) is 9. The van der Waals surface area contributed by atoms with E-state index in [-0.39, 0.29) is 12.6 Å². The van der Waals surface area contributed by atoms with Crippen LogP contribution in [0.1, 0.15) is 46.0 Å². The average molecular weight is 458 g/mol. The summed E-state index contributed by atoms with van der Waals surface area (Å²) in [6.07, 6.45) is 5.77. The minimum atomic E-state index is -1.30. The van der Waals surface area contributed by atoms with E-state index in [0.717, 1.165) is 38.8 Å². The number of carboxylic acids is 1. The quantitative estimate of drug-likeness (QED) is 0.487. The van der Waals surface area contributed by atoms with Crippen molar-refractivity contribution >= 4 is 17.9 Å². The number of aromatic nitrogens is 3. The minimum absolute atomic E-state index is 0.274. The third-order valence-corrected chi connectivity index (χ3v) is 5.45. The van der Waals surface area contributed by atoms with Gasteiger partial charge in [-0.1, -0.05) is 0 Å². The van der Waals surface area contributed by atoms with Gasteiger partial charge in [0.2, 0.25) is 11.9 Å². The fraction of sp³-hybridized carbons (Fsp3) is 0.565. The summed E-state index contributed by atoms with van der Waals surface area (Å²) in [4.78, 5) is 26.9. The van der Waals surface area contributed by atoms with Crippen LogP contribution in [0.2, 0.25) is 0 Å². The Morgan fingerprint density at radius 1 is 1.03 bits per heavy atom. The minimum Gasteiger partial charge on any atom is -0.490 e. The van der Waals surface area contributed by atoms with Gasteiger partial charge in [0, 0.05) is 19.1 Å². The number of nitrogens with one attached hydrogen (secondary N) is 1. The van der Waals surface area contributed by atoms with E-state index in [0.29, 0.717) is 36.0 Å². The molecule has 1 aromatic carbocycles. The lowest BCUT2D eigenvalue weighted by Gasteiger charge is -2.26. The van der Waals surface area contributed by atoms with Crippen molar-refractivity contribution in [2.24, 2.45) is 0 Å². The number of nitrogens with zero attached hydrogens (tertiary/aromatic N) is 4. The molecule has 1 saturated heterocycles. The Bertz CT molecular complexity index is 943. The zero-order chi connectivity index (χ0) is 23.3. The van der Waals surface area contributed by atoms with Crippen LogP contribution in [-0.2, 0) is 4.79 Å². The number of benzene rings is 1. The van der Waals surface area contributed by atoms with Gasteiger partial charge in [-0.2, -0.15) is 15.0 Å². The van der Waals surface area contributed by atoms with E-state index in [1.807, 2.05) is 0 Å². The van der Waals surface area contributed by atoms with Gasteiger partial charge in [-0.3, -0.25) is 0 Å². The van der Waals surface area contributed by atoms with E-state index >= 15 is 0 Å². The topological polar surface area (TPSA) is 119 Å². The number of hydrogen-bond donors (Lipinski definition) is 2. The number of aliphatic carboxylic acids is 1. The summed E-state index contributed by atoms with van der Waals surface area (Å²) in [5.41, 5.74) is -1.30. The normalized spacial score (nSPS) is 16.2. The van der Waals surface area contributed by atoms with Crippen LogP contribution in [0, 0.1) is 0 Å². The first-order valence-electron chi connectivity index (χ1n) is 11.4. The molecule has 33 heavy (non-hydrogen) atoms. The molecule has 0 radical (unpaired) electrons. The molecular weight excluding hydrogens is 426 g/mol. The number of carboxylic acid groups (broad SMARTS) is 1. The first kappa shape index (κ1) is 22.9. The molecular formula is C23H31N5O5. The van der Waals surface area contributed by atoms with E-state index in [4.69, 9.17) is 19.3 Å². The van der Waals surface area contributed by atoms with Crippen LogP contribution in [0.5, 0.6) is 17.5 Å². The molecule has 2 heterocycles. The number of rotatable bonds is 11. The summed E-state index contributed by atoms with van der Waals surface area (Å²) in [5, 5.41) is 12.5. The van der Waals surface area contributed by atoms with Crippen molar-refractivity contribution in [1.82, 2.24) is 15.0 Å². The van der Waals surface area contributed by atoms with Gasteiger partial charge < -0.3 is 29.5 Å². The fourth-order valence-corrected chi connectivity index (χ4v) is 3.36. The van der Waals surface area contributed by atoms with Crippen molar-refractivity contribution in [2.75, 3.05) is 36.5 Å². The molecule has 0 atom stereocenters. The smallest absolute Gasteiger partial charge is 0.347 e. The van der Waals surface area contributed by atoms with E-state index < -0.39 is 11.6 Å². The molecule has 2 N–H and O–H groups in total. The molecule has 0 unspecified atom stereocenters. The van der Waals surface area contributed by atoms with Crippen molar-refractivity contribution in [1.29, 1.82) is 0 Å². The van der Waals surface area contributed by atoms with Crippen molar-refractivity contribution in [3.05, 3.63) is 24.3 Å². The summed E-state index contributed by atoms with van der Waals surface area (Å²) in [5.74, 6) is 1.27. The predicted octanol–water partition coefficient (Wildman–Crippen LogP) is 3.14. The molecule has 0 spiro atoms. The van der Waals surface area contributed by atoms with Crippen molar-refractivity contribution < 1.29 is 24.1 Å². The van der Waals surface area contributed by atoms with Gasteiger partial charge in [0.15, 0.2) is 5.60 Å². The zero-order valence-corrected chi connectivity index (χ0v) is 19.1. The molecule has 1 aliphatic heterocycles. The Hall–Kier alpha value is -3.30. The molecule has 2 fully saturated rings. The summed E-state index contributed by atoms with van der Waals surface area (Å²) in [7, 11) is 0. The van der Waals surface area contributed by atoms with Gasteiger partial charge in [-0.15, -0.1) is 0 Å². The molecule has 4 rings (SSSR count). The van der Waals surface area contributed by atoms with Gasteiger partial charge in [0.05, 0.1) is 0 Å². The van der Waals surface area contributed by atoms with Gasteiger partial charge in [0.25, 0.3) is 0 Å². The van der Waals surface area contributed by atoms with Gasteiger partial charge in [-0.25, -0.2) is 4.79 Å². The lowest BCUT2D eigenvalue weighted by molar-refractivity contribution is -0.152. The first-order chi connectivity index (χ1) is 15.9. The van der Waals surface area contributed by atoms with Crippen molar-refractivity contribution in [3.63, 3.8) is 0 Å². The number of ether oxygens (including phenoxy) is 3. The lowest BCUT2D eigenvalue weighted by atomic mass is 10.1. The molecule has 178 valence electrons. The molecule has 2 aromatic rings. The Kier molecular flexibility index (Phi) is 7.00. The van der Waals surface area contributed by atoms with Gasteiger partial charge in [0.1, 0.15) is 24.7 Å². The molecule has 1 aliphatic carbocycles. The zero-order valence-electron chi connectivity index (χ0n) is 19.1. The molecule has 10 heteroatoms. The summed E-state index contributed by atoms with van der Waals surface area (Å²) < 4.78 is 17.0. The highest BCUT2D eigenvalue weighted by Crippen LogP contribution is 2.26. The molecule has 2 aliphatic rings. The van der Waals surface area contributed by atoms with Crippen LogP contribution in [0.15, 0.2) is 24.3 Å². The molecule has 10 nitrogen and oxygen atoms in total. The maximum atomic E-state index is 11.2. The third kappa shape index (κ3) is 6.59. The van der Waals surface area contributed by atoms with Crippen molar-refractivity contribution in [3.8, 4) is 17.5 Å². The lowest BCUT2D eigenvalue weighted by Crippen LogP contribution is -2.37. The van der Waals surface area contributed by atoms with E-state index in [2.05, 4.69) is 25.2 Å². The molecule has 0 bridgehead atoms. The maximum absolute atomic E-state index is 11.2. The Labute approximate surface area is 193 Å². The van der Waals surface area contributed by atoms with Crippen LogP contribution in [0.3, 0.4) is 0 Å². The number of carbonyl (C=O) groups is 1. The van der Waals surface area contributed by atoms with Crippen LogP contribution in [-0.4, -0.2) is 64.0 Å². The van der Waals surface area contributed by atoms with Gasteiger partial charge in [-0.05, 0) is 70.2 Å². The van der Waals surface area contributed by atoms with Gasteiger partial charge >= 0.3 is 12.0 Å². The van der Waals surface area contributed by atoms with Crippen LogP contribution in [0.25, 0.3) is 0 Å². The second-order valence-corrected chi connectivity index (χ2v) is 8.79. The summed E-state index contributed by atoms with van der Waals surface area (Å²) in [6, 6.07) is 7.52. The highest BCUT2D eigenvalue weighted by Gasteiger charge is 2.29. The monoisotopic (exact) mass is 457 g/mol. The van der Waals surface area contributed by atoms with E-state index in [1.54, 1.807) is 24.3 Å². The fourth-order valence-electron chi connectivity index (χ4n) is 3.36. The Morgan fingerprint density at radius 2 is 1.70 bits per heavy atom. The Morgan fingerprint density at radius 3 is 2.36 bits per heavy atom. The highest BCUT2D eigenvalue weighted by molar-refractivity contribution is 5.76. The largest absolute Gasteiger partial charge is 0.490 e. The average Bonchev–Trinajstić information content (AvgIpc) is 3.62. The highest BCUT2D eigenvalue weighted by atomic mass is 16.5. The van der Waals surface area contributed by atoms with Crippen LogP contribution < -0.4 is 24.4 Å². The van der Waals surface area contributed by atoms with Crippen LogP contribution >= 0.6 is 0 Å². The predicted molar refractivity (Wildman–Crippen MR) is 122 cm³/mol. The van der Waals surface area contributed by atoms with E-state index in [9.17, 15) is 4.79 Å². The summed E-state index contributed by atoms with van der Waals surface area (Å²) in [6.45, 7) is 5.46. The van der Waals surface area contributed by atoms with E-state index in [1.165, 1.54) is 20.3 Å². The standard InChI is InChI=1S/C23H31N5O5/c1-23(2,19(29)30)33-18-10-8-17(9-11-18)31-14-15-32-22-26-20(24-16-6-7-16)25-21(27-22)28-12-4-3-5-13-28/h8-11,16H,3-7,12-15H2,1-2H3,(H,29,30)(H,24,25,26,27). The van der Waals surface area contributed by atoms with Crippen molar-refractivity contribution in [2.45, 2.75) is 57.6 Å². The molecule has 0 amide bonds. The summed E-state index contributed by atoms with van der Waals surface area (Å²) >= 11 is 0. The maximum Gasteiger partial charge on any atom is 0.347 e. The molecule has 1 aromatic heterocycles. The molecule has 1 saturated carbocycles. The second-order valence-electron chi connectivity index (χ2n) is 8.79. The van der Waals surface area contributed by atoms with Crippen LogP contribution in [0.4, 0.5) is 11.9 Å². The second kappa shape index (κ2) is 10.1. The first-order valence-corrected chi connectivity index (χ1v) is 11.4. The third-order valence-electron chi connectivity index (χ3n) is 5.45.